The van der Waals surface area contributed by atoms with Crippen LogP contribution in [0.15, 0.2) is 54.6 Å². The van der Waals surface area contributed by atoms with Crippen molar-refractivity contribution in [2.24, 2.45) is 5.73 Å². The van der Waals surface area contributed by atoms with E-state index in [9.17, 15) is 9.59 Å². The van der Waals surface area contributed by atoms with E-state index in [4.69, 9.17) is 5.73 Å². The van der Waals surface area contributed by atoms with Crippen LogP contribution < -0.4 is 10.6 Å². The zero-order chi connectivity index (χ0) is 24.6. The van der Waals surface area contributed by atoms with Gasteiger partial charge in [0.2, 0.25) is 0 Å². The first-order valence-electron chi connectivity index (χ1n) is 11.7. The molecule has 3 aromatic rings. The highest BCUT2D eigenvalue weighted by atomic mass is 16.2. The van der Waals surface area contributed by atoms with Gasteiger partial charge in [0.05, 0.1) is 6.04 Å². The molecule has 1 aliphatic heterocycles. The van der Waals surface area contributed by atoms with Crippen LogP contribution in [0.3, 0.4) is 0 Å². The van der Waals surface area contributed by atoms with Crippen LogP contribution in [0.2, 0.25) is 0 Å². The van der Waals surface area contributed by atoms with Crippen molar-refractivity contribution in [2.45, 2.75) is 45.2 Å². The molecule has 0 saturated carbocycles. The topological polar surface area (TPSA) is 84.5 Å². The summed E-state index contributed by atoms with van der Waals surface area (Å²) in [5.74, 6) is -0.390. The fraction of sp³-hybridized carbons (Fsp3) is 0.370. The summed E-state index contributed by atoms with van der Waals surface area (Å²) in [6, 6.07) is 18.0. The van der Waals surface area contributed by atoms with Gasteiger partial charge in [0.25, 0.3) is 11.8 Å². The van der Waals surface area contributed by atoms with E-state index >= 15 is 0 Å². The van der Waals surface area contributed by atoms with E-state index in [1.807, 2.05) is 47.1 Å². The molecule has 2 atom stereocenters. The Balaban J connectivity index is 1.84. The van der Waals surface area contributed by atoms with Gasteiger partial charge in [0, 0.05) is 55.1 Å². The zero-order valence-electron chi connectivity index (χ0n) is 20.5. The molecule has 1 aromatic heterocycles. The van der Waals surface area contributed by atoms with Gasteiger partial charge >= 0.3 is 0 Å². The lowest BCUT2D eigenvalue weighted by Crippen LogP contribution is -2.40. The van der Waals surface area contributed by atoms with Gasteiger partial charge in [-0.05, 0) is 50.1 Å². The van der Waals surface area contributed by atoms with Gasteiger partial charge in [-0.1, -0.05) is 37.3 Å². The summed E-state index contributed by atoms with van der Waals surface area (Å²) >= 11 is 0. The normalized spacial score (nSPS) is 17.5. The molecule has 1 aliphatic rings. The van der Waals surface area contributed by atoms with Crippen LogP contribution >= 0.6 is 0 Å². The molecule has 2 aromatic carbocycles. The number of anilines is 1. The highest BCUT2D eigenvalue weighted by molar-refractivity contribution is 5.94. The molecule has 178 valence electrons. The molecule has 2 N–H and O–H groups in total. The largest absolute Gasteiger partial charge is 0.364 e. The third kappa shape index (κ3) is 4.30. The monoisotopic (exact) mass is 459 g/mol. The third-order valence-electron chi connectivity index (χ3n) is 6.48. The maximum absolute atomic E-state index is 12.5. The van der Waals surface area contributed by atoms with Crippen LogP contribution in [0.25, 0.3) is 0 Å². The van der Waals surface area contributed by atoms with Crippen molar-refractivity contribution in [3.63, 3.8) is 0 Å². The van der Waals surface area contributed by atoms with Crippen LogP contribution in [0, 0.1) is 0 Å². The number of aromatic nitrogens is 2. The lowest BCUT2D eigenvalue weighted by Gasteiger charge is -2.41. The highest BCUT2D eigenvalue weighted by Crippen LogP contribution is 2.43. The second-order valence-electron chi connectivity index (χ2n) is 9.56. The summed E-state index contributed by atoms with van der Waals surface area (Å²) < 4.78 is 1.97. The molecule has 0 fully saturated rings. The maximum atomic E-state index is 12.5. The number of amides is 2. The number of nitrogens with two attached hydrogens (primary N) is 1. The van der Waals surface area contributed by atoms with Gasteiger partial charge in [0.1, 0.15) is 0 Å². The zero-order valence-corrected chi connectivity index (χ0v) is 20.5. The van der Waals surface area contributed by atoms with Crippen LogP contribution in [0.5, 0.6) is 0 Å². The van der Waals surface area contributed by atoms with E-state index in [1.54, 1.807) is 19.0 Å². The minimum atomic E-state index is -0.505. The Hall–Kier alpha value is -3.61. The molecular formula is C27H33N5O2. The predicted octanol–water partition coefficient (Wildman–Crippen LogP) is 4.17. The molecular weight excluding hydrogens is 426 g/mol. The lowest BCUT2D eigenvalue weighted by molar-refractivity contribution is 0.0827. The number of nitrogens with zero attached hydrogens (tertiary/aromatic N) is 4. The average molecular weight is 460 g/mol. The number of hydrogen-bond donors (Lipinski definition) is 1. The Bertz CT molecular complexity index is 1180. The minimum Gasteiger partial charge on any atom is -0.364 e. The van der Waals surface area contributed by atoms with Crippen LogP contribution in [-0.4, -0.2) is 47.1 Å². The first-order valence-corrected chi connectivity index (χ1v) is 11.7. The molecule has 2 amide bonds. The second kappa shape index (κ2) is 9.33. The summed E-state index contributed by atoms with van der Waals surface area (Å²) in [5, 5.41) is 4.68. The maximum Gasteiger partial charge on any atom is 0.269 e. The van der Waals surface area contributed by atoms with Crippen molar-refractivity contribution in [3.8, 4) is 0 Å². The number of benzene rings is 2. The second-order valence-corrected chi connectivity index (χ2v) is 9.56. The number of carbonyl (C=O) groups is 2. The molecule has 0 aliphatic carbocycles. The van der Waals surface area contributed by atoms with Crippen molar-refractivity contribution in [1.29, 1.82) is 0 Å². The summed E-state index contributed by atoms with van der Waals surface area (Å²) in [5.41, 5.74) is 11.0. The van der Waals surface area contributed by atoms with E-state index in [0.717, 1.165) is 23.5 Å². The highest BCUT2D eigenvalue weighted by Gasteiger charge is 2.39. The van der Waals surface area contributed by atoms with Crippen molar-refractivity contribution in [2.75, 3.05) is 25.5 Å². The van der Waals surface area contributed by atoms with Gasteiger partial charge in [-0.3, -0.25) is 14.3 Å². The fourth-order valence-electron chi connectivity index (χ4n) is 4.91. The van der Waals surface area contributed by atoms with E-state index < -0.39 is 5.91 Å². The first kappa shape index (κ1) is 23.5. The van der Waals surface area contributed by atoms with Crippen molar-refractivity contribution in [1.82, 2.24) is 14.7 Å². The molecule has 2 heterocycles. The number of hydrogen-bond acceptors (Lipinski definition) is 4. The summed E-state index contributed by atoms with van der Waals surface area (Å²) in [4.78, 5) is 28.8. The van der Waals surface area contributed by atoms with E-state index in [1.165, 1.54) is 5.56 Å². The smallest absolute Gasteiger partial charge is 0.269 e. The van der Waals surface area contributed by atoms with Gasteiger partial charge in [-0.25, -0.2) is 0 Å². The van der Waals surface area contributed by atoms with E-state index in [2.05, 4.69) is 42.9 Å². The number of primary amides is 1. The Morgan fingerprint density at radius 2 is 1.74 bits per heavy atom. The Morgan fingerprint density at radius 1 is 1.09 bits per heavy atom. The lowest BCUT2D eigenvalue weighted by atomic mass is 9.85. The molecule has 0 saturated heterocycles. The number of fused-ring (bicyclic) bond motifs is 1. The molecule has 7 heteroatoms. The summed E-state index contributed by atoms with van der Waals surface area (Å²) in [6.07, 6.45) is 0.711. The summed E-state index contributed by atoms with van der Waals surface area (Å²) in [6.45, 7) is 7.08. The molecule has 4 rings (SSSR count). The Labute approximate surface area is 201 Å². The molecule has 34 heavy (non-hydrogen) atoms. The molecule has 0 radical (unpaired) electrons. The van der Waals surface area contributed by atoms with Crippen molar-refractivity contribution >= 4 is 17.5 Å². The van der Waals surface area contributed by atoms with Crippen molar-refractivity contribution < 1.29 is 9.59 Å². The fourth-order valence-corrected chi connectivity index (χ4v) is 4.91. The quantitative estimate of drug-likeness (QED) is 0.600. The predicted molar refractivity (Wildman–Crippen MR) is 134 cm³/mol. The first-order chi connectivity index (χ1) is 16.2. The SMILES string of the molecule is CC1CN(c2ccc(C(=O)N(C)C)cc2)C(Cc2ccccc2)c2c(C(N)=O)nn(C(C)C)c21. The van der Waals surface area contributed by atoms with Gasteiger partial charge in [-0.2, -0.15) is 5.10 Å². The number of carbonyl (C=O) groups excluding carboxylic acids is 2. The minimum absolute atomic E-state index is 0.0316. The number of rotatable bonds is 6. The third-order valence-corrected chi connectivity index (χ3v) is 6.48. The molecule has 7 nitrogen and oxygen atoms in total. The Morgan fingerprint density at radius 3 is 2.29 bits per heavy atom. The Kier molecular flexibility index (Phi) is 6.46. The van der Waals surface area contributed by atoms with E-state index in [0.29, 0.717) is 17.7 Å². The van der Waals surface area contributed by atoms with Gasteiger partial charge in [-0.15, -0.1) is 0 Å². The van der Waals surface area contributed by atoms with Crippen LogP contribution in [-0.2, 0) is 6.42 Å². The standard InChI is InChI=1S/C27H33N5O2/c1-17(2)32-25-18(3)16-31(21-13-11-20(12-14-21)27(34)30(4)5)22(15-19-9-7-6-8-10-19)23(25)24(29-32)26(28)33/h6-14,17-18,22H,15-16H2,1-5H3,(H2,28,33). The molecule has 2 unspecified atom stereocenters. The average Bonchev–Trinajstić information content (AvgIpc) is 3.23. The van der Waals surface area contributed by atoms with Crippen LogP contribution in [0.4, 0.5) is 5.69 Å². The van der Waals surface area contributed by atoms with Gasteiger partial charge in [0.15, 0.2) is 5.69 Å². The van der Waals surface area contributed by atoms with Crippen LogP contribution in [0.1, 0.15) is 76.4 Å². The van der Waals surface area contributed by atoms with E-state index in [-0.39, 0.29) is 23.9 Å². The summed E-state index contributed by atoms with van der Waals surface area (Å²) in [7, 11) is 3.50. The molecule has 0 bridgehead atoms. The molecule has 0 spiro atoms. The van der Waals surface area contributed by atoms with Crippen molar-refractivity contribution in [3.05, 3.63) is 82.7 Å². The van der Waals surface area contributed by atoms with Gasteiger partial charge < -0.3 is 15.5 Å².